The van der Waals surface area contributed by atoms with Crippen molar-refractivity contribution in [3.63, 3.8) is 0 Å². The smallest absolute Gasteiger partial charge is 0.381 e. The lowest BCUT2D eigenvalue weighted by atomic mass is 10.0. The molecule has 2 amide bonds. The van der Waals surface area contributed by atoms with Gasteiger partial charge in [-0.05, 0) is 98.9 Å². The van der Waals surface area contributed by atoms with Gasteiger partial charge in [0.25, 0.3) is 0 Å². The maximum Gasteiger partial charge on any atom is 0.417 e. The molecule has 2 aromatic carbocycles. The molecular weight excluding hydrogens is 1090 g/mol. The Labute approximate surface area is 433 Å². The quantitative estimate of drug-likeness (QED) is 0.141. The third kappa shape index (κ3) is 12.2. The minimum absolute atomic E-state index is 0.0610. The second-order valence-electron chi connectivity index (χ2n) is 19.2. The molecule has 8 rings (SSSR count). The van der Waals surface area contributed by atoms with E-state index in [2.05, 4.69) is 20.6 Å². The molecule has 4 saturated carbocycles. The lowest BCUT2D eigenvalue weighted by molar-refractivity contribution is -0.140. The van der Waals surface area contributed by atoms with Crippen LogP contribution in [0.15, 0.2) is 92.9 Å². The van der Waals surface area contributed by atoms with Gasteiger partial charge in [0.05, 0.1) is 77.4 Å². The minimum Gasteiger partial charge on any atom is -0.381 e. The van der Waals surface area contributed by atoms with Crippen LogP contribution in [0.2, 0.25) is 0 Å². The number of methoxy groups -OCH3 is 2. The highest BCUT2D eigenvalue weighted by atomic mass is 32.2. The zero-order valence-corrected chi connectivity index (χ0v) is 43.9. The van der Waals surface area contributed by atoms with Gasteiger partial charge in [-0.3, -0.25) is 19.6 Å². The van der Waals surface area contributed by atoms with Crippen LogP contribution in [-0.4, -0.2) is 116 Å². The fourth-order valence-electron chi connectivity index (χ4n) is 9.20. The average Bonchev–Trinajstić information content (AvgIpc) is 4.21. The van der Waals surface area contributed by atoms with Gasteiger partial charge < -0.3 is 20.1 Å². The van der Waals surface area contributed by atoms with Crippen molar-refractivity contribution in [1.82, 2.24) is 20.6 Å². The van der Waals surface area contributed by atoms with Crippen LogP contribution in [0.1, 0.15) is 62.5 Å². The molecule has 18 nitrogen and oxygen atoms in total. The minimum atomic E-state index is -5.05. The number of pyridine rings is 2. The lowest BCUT2D eigenvalue weighted by Gasteiger charge is -2.19. The molecule has 0 aliphatic heterocycles. The molecule has 4 aliphatic carbocycles. The molecule has 2 heterocycles. The maximum absolute atomic E-state index is 14.1. The third-order valence-corrected chi connectivity index (χ3v) is 20.5. The standard InChI is InChI=1S/2C24H24F3N3O6S2/c2*1-36-20-10-16(9-18(20)22(31)30-23(13-28)5-6-23)38(34,35)21-4-3-14(8-19(21)24(25,26)27)15-7-17(12-29-11-15)37(2,32)33/h2*3-4,7-8,11-12,16,18,20H,5-6,9-10H2,1-2H3,(H,30,31)/t2*16-,18-,20-/m10/s1. The summed E-state index contributed by atoms with van der Waals surface area (Å²) >= 11 is 0. The number of aromatic nitrogens is 2. The van der Waals surface area contributed by atoms with Crippen molar-refractivity contribution in [3.8, 4) is 34.4 Å². The number of alkyl halides is 6. The van der Waals surface area contributed by atoms with Crippen molar-refractivity contribution in [2.24, 2.45) is 11.8 Å². The average molecular weight is 1140 g/mol. The first kappa shape index (κ1) is 57.7. The van der Waals surface area contributed by atoms with Gasteiger partial charge in [0.15, 0.2) is 39.3 Å². The van der Waals surface area contributed by atoms with Crippen molar-refractivity contribution >= 4 is 51.2 Å². The number of rotatable bonds is 14. The second kappa shape index (κ2) is 20.7. The van der Waals surface area contributed by atoms with Crippen molar-refractivity contribution < 1.29 is 79.1 Å². The third-order valence-electron chi connectivity index (χ3n) is 13.9. The predicted octanol–water partition coefficient (Wildman–Crippen LogP) is 5.82. The number of benzene rings is 2. The molecule has 2 N–H and O–H groups in total. The van der Waals surface area contributed by atoms with Crippen LogP contribution in [0, 0.1) is 34.5 Å². The van der Waals surface area contributed by atoms with Gasteiger partial charge in [0.1, 0.15) is 11.1 Å². The molecule has 4 aromatic rings. The molecule has 4 fully saturated rings. The molecule has 408 valence electrons. The lowest BCUT2D eigenvalue weighted by Crippen LogP contribution is -2.42. The molecule has 2 aromatic heterocycles. The summed E-state index contributed by atoms with van der Waals surface area (Å²) in [5.41, 5.74) is -4.83. The van der Waals surface area contributed by atoms with Crippen LogP contribution >= 0.6 is 0 Å². The van der Waals surface area contributed by atoms with Crippen LogP contribution in [0.25, 0.3) is 22.3 Å². The summed E-state index contributed by atoms with van der Waals surface area (Å²) in [7, 11) is -14.0. The van der Waals surface area contributed by atoms with Gasteiger partial charge in [-0.1, -0.05) is 12.1 Å². The molecule has 0 radical (unpaired) electrons. The molecule has 0 saturated heterocycles. The SMILES string of the molecule is CO[C@@H]1C[C@H](S(=O)(=O)c2ccc(-c3cncc(S(C)(=O)=O)c3)cc2C(F)(F)F)C[C@H]1C(=O)NC1(C#N)CC1.CO[C@H]1C[C@@H](S(=O)(=O)c2ccc(-c3cncc(S(C)(=O)=O)c3)cc2C(F)(F)F)C[C@@H]1C(=O)NC1(C#N)CC1. The van der Waals surface area contributed by atoms with E-state index in [1.807, 2.05) is 12.1 Å². The highest BCUT2D eigenvalue weighted by Gasteiger charge is 2.53. The van der Waals surface area contributed by atoms with Gasteiger partial charge in [-0.15, -0.1) is 0 Å². The molecule has 6 atom stereocenters. The first-order valence-corrected chi connectivity index (χ1v) is 29.8. The number of halogens is 6. The van der Waals surface area contributed by atoms with E-state index in [-0.39, 0.29) is 57.7 Å². The summed E-state index contributed by atoms with van der Waals surface area (Å²) < 4.78 is 197. The predicted molar refractivity (Wildman–Crippen MR) is 256 cm³/mol. The number of sulfone groups is 4. The first-order chi connectivity index (χ1) is 35.2. The maximum atomic E-state index is 14.1. The largest absolute Gasteiger partial charge is 0.417 e. The summed E-state index contributed by atoms with van der Waals surface area (Å²) in [6, 6.07) is 11.6. The number of nitrogens with zero attached hydrogens (tertiary/aromatic N) is 4. The van der Waals surface area contributed by atoms with Crippen LogP contribution in [0.5, 0.6) is 0 Å². The molecule has 0 unspecified atom stereocenters. The number of nitrogens with one attached hydrogen (secondary N) is 2. The Bertz CT molecular complexity index is 3290. The van der Waals surface area contributed by atoms with E-state index in [9.17, 15) is 80.1 Å². The summed E-state index contributed by atoms with van der Waals surface area (Å²) in [5, 5.41) is 21.0. The highest BCUT2D eigenvalue weighted by molar-refractivity contribution is 7.92. The number of carbonyl (C=O) groups is 2. The second-order valence-corrected chi connectivity index (χ2v) is 27.6. The number of hydrogen-bond donors (Lipinski definition) is 2. The fourth-order valence-corrected chi connectivity index (χ4v) is 14.4. The summed E-state index contributed by atoms with van der Waals surface area (Å²) in [6.07, 6.45) is -4.58. The topological polar surface area (TPSA) is 287 Å². The van der Waals surface area contributed by atoms with E-state index in [0.717, 1.165) is 61.3 Å². The first-order valence-electron chi connectivity index (χ1n) is 23.0. The van der Waals surface area contributed by atoms with Crippen molar-refractivity contribution in [1.29, 1.82) is 10.5 Å². The zero-order valence-electron chi connectivity index (χ0n) is 40.6. The van der Waals surface area contributed by atoms with E-state index in [1.54, 1.807) is 0 Å². The Morgan fingerprint density at radius 3 is 1.18 bits per heavy atom. The molecular formula is C48H48F6N6O12S4. The number of nitriles is 2. The van der Waals surface area contributed by atoms with Crippen molar-refractivity contribution in [2.75, 3.05) is 26.7 Å². The zero-order chi connectivity index (χ0) is 56.2. The van der Waals surface area contributed by atoms with E-state index in [1.165, 1.54) is 26.6 Å². The van der Waals surface area contributed by atoms with Gasteiger partial charge >= 0.3 is 12.4 Å². The Kier molecular flexibility index (Phi) is 15.7. The molecule has 0 spiro atoms. The Morgan fingerprint density at radius 2 is 0.908 bits per heavy atom. The van der Waals surface area contributed by atoms with Gasteiger partial charge in [-0.2, -0.15) is 36.9 Å². The van der Waals surface area contributed by atoms with Gasteiger partial charge in [0, 0.05) is 62.6 Å². The summed E-state index contributed by atoms with van der Waals surface area (Å²) in [5.74, 6) is -3.05. The Morgan fingerprint density at radius 1 is 0.566 bits per heavy atom. The molecule has 28 heteroatoms. The Balaban J connectivity index is 0.000000221. The van der Waals surface area contributed by atoms with Crippen molar-refractivity contribution in [2.45, 2.75) is 117 Å². The van der Waals surface area contributed by atoms with Crippen LogP contribution in [-0.2, 0) is 70.8 Å². The summed E-state index contributed by atoms with van der Waals surface area (Å²) in [4.78, 5) is 30.9. The van der Waals surface area contributed by atoms with Gasteiger partial charge in [-0.25, -0.2) is 33.7 Å². The van der Waals surface area contributed by atoms with Gasteiger partial charge in [0.2, 0.25) is 11.8 Å². The normalized spacial score (nSPS) is 23.0. The number of carbonyl (C=O) groups excluding carboxylic acids is 2. The number of ether oxygens (including phenoxy) is 2. The van der Waals surface area contributed by atoms with E-state index in [4.69, 9.17) is 9.47 Å². The highest BCUT2D eigenvalue weighted by Crippen LogP contribution is 2.45. The van der Waals surface area contributed by atoms with E-state index >= 15 is 0 Å². The van der Waals surface area contributed by atoms with Crippen LogP contribution in [0.3, 0.4) is 0 Å². The Hall–Kier alpha value is -6.04. The number of hydrogen-bond acceptors (Lipinski definition) is 16. The van der Waals surface area contributed by atoms with E-state index in [0.29, 0.717) is 37.8 Å². The van der Waals surface area contributed by atoms with Crippen LogP contribution in [0.4, 0.5) is 26.3 Å². The summed E-state index contributed by atoms with van der Waals surface area (Å²) in [6.45, 7) is 0. The van der Waals surface area contributed by atoms with Crippen LogP contribution < -0.4 is 10.6 Å². The number of amides is 2. The fraction of sp³-hybridized carbons (Fsp3) is 0.458. The molecule has 4 aliphatic rings. The van der Waals surface area contributed by atoms with E-state index < -0.39 is 130 Å². The molecule has 76 heavy (non-hydrogen) atoms. The van der Waals surface area contributed by atoms with Crippen molar-refractivity contribution in [3.05, 3.63) is 84.4 Å². The molecule has 0 bridgehead atoms. The monoisotopic (exact) mass is 1140 g/mol.